The van der Waals surface area contributed by atoms with E-state index >= 15 is 0 Å². The Bertz CT molecular complexity index is 551. The first-order valence-electron chi connectivity index (χ1n) is 8.85. The molecule has 2 rings (SSSR count). The molecule has 1 aliphatic rings. The van der Waals surface area contributed by atoms with E-state index in [1.165, 1.54) is 0 Å². The summed E-state index contributed by atoms with van der Waals surface area (Å²) in [5.41, 5.74) is 0.809. The number of halogens is 1. The van der Waals surface area contributed by atoms with Crippen molar-refractivity contribution in [2.45, 2.75) is 58.2 Å². The highest BCUT2D eigenvalue weighted by Gasteiger charge is 2.28. The lowest BCUT2D eigenvalue weighted by Crippen LogP contribution is -2.54. The number of carbonyl (C=O) groups excluding carboxylic acids is 2. The van der Waals surface area contributed by atoms with Crippen LogP contribution in [0.5, 0.6) is 0 Å². The summed E-state index contributed by atoms with van der Waals surface area (Å²) in [6, 6.07) is 9.12. The minimum atomic E-state index is -0.647. The summed E-state index contributed by atoms with van der Waals surface area (Å²) in [5, 5.41) is 9.39. The number of carbonyl (C=O) groups is 2. The van der Waals surface area contributed by atoms with Crippen molar-refractivity contribution in [3.8, 4) is 0 Å². The summed E-state index contributed by atoms with van der Waals surface area (Å²) in [4.78, 5) is 25.0. The Morgan fingerprint density at radius 2 is 1.92 bits per heavy atom. The zero-order valence-corrected chi connectivity index (χ0v) is 16.1. The first kappa shape index (κ1) is 21.5. The van der Waals surface area contributed by atoms with Crippen LogP contribution in [0.1, 0.15) is 51.6 Å². The average Bonchev–Trinajstić information content (AvgIpc) is 2.55. The van der Waals surface area contributed by atoms with Crippen LogP contribution in [0, 0.1) is 5.92 Å². The molecule has 3 unspecified atom stereocenters. The maximum Gasteiger partial charge on any atom is 0.247 e. The van der Waals surface area contributed by atoms with E-state index in [0.717, 1.165) is 24.9 Å². The largest absolute Gasteiger partial charge is 0.350 e. The molecule has 0 spiro atoms. The van der Waals surface area contributed by atoms with Crippen LogP contribution in [-0.4, -0.2) is 30.4 Å². The zero-order chi connectivity index (χ0) is 17.5. The Morgan fingerprint density at radius 1 is 1.24 bits per heavy atom. The van der Waals surface area contributed by atoms with Gasteiger partial charge in [0, 0.05) is 18.5 Å². The minimum Gasteiger partial charge on any atom is -0.350 e. The molecule has 3 N–H and O–H groups in total. The first-order chi connectivity index (χ1) is 11.5. The lowest BCUT2D eigenvalue weighted by molar-refractivity contribution is -0.130. The van der Waals surface area contributed by atoms with Crippen LogP contribution in [0.4, 0.5) is 0 Å². The Morgan fingerprint density at radius 3 is 2.52 bits per heavy atom. The second kappa shape index (κ2) is 10.4. The van der Waals surface area contributed by atoms with Crippen LogP contribution in [0.3, 0.4) is 0 Å². The van der Waals surface area contributed by atoms with E-state index in [1.807, 2.05) is 44.2 Å². The van der Waals surface area contributed by atoms with Crippen molar-refractivity contribution >= 4 is 24.2 Å². The molecule has 0 bridgehead atoms. The maximum atomic E-state index is 12.8. The van der Waals surface area contributed by atoms with Crippen molar-refractivity contribution in [3.63, 3.8) is 0 Å². The van der Waals surface area contributed by atoms with Crippen LogP contribution >= 0.6 is 12.4 Å². The molecule has 1 fully saturated rings. The number of hydrogen-bond donors (Lipinski definition) is 3. The zero-order valence-electron chi connectivity index (χ0n) is 15.2. The topological polar surface area (TPSA) is 70.2 Å². The summed E-state index contributed by atoms with van der Waals surface area (Å²) in [7, 11) is 0. The molecule has 6 heteroatoms. The Balaban J connectivity index is 0.00000312. The fourth-order valence-electron chi connectivity index (χ4n) is 3.04. The fourth-order valence-corrected chi connectivity index (χ4v) is 3.04. The van der Waals surface area contributed by atoms with Crippen LogP contribution < -0.4 is 16.0 Å². The van der Waals surface area contributed by atoms with E-state index in [9.17, 15) is 9.59 Å². The van der Waals surface area contributed by atoms with Gasteiger partial charge in [-0.2, -0.15) is 0 Å². The normalized spacial score (nSPS) is 21.1. The van der Waals surface area contributed by atoms with Crippen LogP contribution in [0.2, 0.25) is 0 Å². The van der Waals surface area contributed by atoms with Gasteiger partial charge in [-0.15, -0.1) is 12.4 Å². The second-order valence-electron chi connectivity index (χ2n) is 7.01. The molecule has 2 amide bonds. The monoisotopic (exact) mass is 367 g/mol. The Hall–Kier alpha value is -1.59. The van der Waals surface area contributed by atoms with Gasteiger partial charge < -0.3 is 16.0 Å². The van der Waals surface area contributed by atoms with E-state index in [-0.39, 0.29) is 42.2 Å². The lowest BCUT2D eigenvalue weighted by atomic mass is 9.98. The van der Waals surface area contributed by atoms with Gasteiger partial charge in [0.2, 0.25) is 11.8 Å². The molecular weight excluding hydrogens is 338 g/mol. The summed E-state index contributed by atoms with van der Waals surface area (Å²) < 4.78 is 0. The molecule has 1 aromatic carbocycles. The molecule has 1 aliphatic heterocycles. The smallest absolute Gasteiger partial charge is 0.247 e. The van der Waals surface area contributed by atoms with E-state index in [4.69, 9.17) is 0 Å². The van der Waals surface area contributed by atoms with Gasteiger partial charge in [-0.05, 0) is 37.8 Å². The third-order valence-electron chi connectivity index (χ3n) is 4.38. The third kappa shape index (κ3) is 6.67. The molecule has 0 saturated carbocycles. The summed E-state index contributed by atoms with van der Waals surface area (Å²) in [6.45, 7) is 7.05. The molecule has 0 radical (unpaired) electrons. The molecule has 1 saturated heterocycles. The number of hydrogen-bond acceptors (Lipinski definition) is 3. The van der Waals surface area contributed by atoms with Gasteiger partial charge in [-0.1, -0.05) is 44.2 Å². The second-order valence-corrected chi connectivity index (χ2v) is 7.01. The molecule has 3 atom stereocenters. The van der Waals surface area contributed by atoms with Gasteiger partial charge in [-0.3, -0.25) is 9.59 Å². The molecule has 25 heavy (non-hydrogen) atoms. The maximum absolute atomic E-state index is 12.8. The van der Waals surface area contributed by atoms with Crippen molar-refractivity contribution < 1.29 is 9.59 Å². The van der Waals surface area contributed by atoms with Crippen LogP contribution in [-0.2, 0) is 9.59 Å². The van der Waals surface area contributed by atoms with Crippen molar-refractivity contribution in [2.75, 3.05) is 6.54 Å². The van der Waals surface area contributed by atoms with Gasteiger partial charge in [-0.25, -0.2) is 0 Å². The number of benzene rings is 1. The van der Waals surface area contributed by atoms with Crippen molar-refractivity contribution in [2.24, 2.45) is 5.92 Å². The first-order valence-corrected chi connectivity index (χ1v) is 8.85. The van der Waals surface area contributed by atoms with Crippen molar-refractivity contribution in [3.05, 3.63) is 35.9 Å². The van der Waals surface area contributed by atoms with Gasteiger partial charge in [0.05, 0.1) is 0 Å². The van der Waals surface area contributed by atoms with E-state index in [1.54, 1.807) is 0 Å². The highest BCUT2D eigenvalue weighted by atomic mass is 35.5. The number of rotatable bonds is 6. The van der Waals surface area contributed by atoms with E-state index in [0.29, 0.717) is 6.42 Å². The molecule has 140 valence electrons. The van der Waals surface area contributed by atoms with Crippen LogP contribution in [0.25, 0.3) is 0 Å². The van der Waals surface area contributed by atoms with Gasteiger partial charge in [0.25, 0.3) is 0 Å². The Kier molecular flexibility index (Phi) is 8.93. The van der Waals surface area contributed by atoms with Crippen molar-refractivity contribution in [1.82, 2.24) is 16.0 Å². The van der Waals surface area contributed by atoms with Gasteiger partial charge >= 0.3 is 0 Å². The average molecular weight is 368 g/mol. The minimum absolute atomic E-state index is 0. The predicted molar refractivity (Wildman–Crippen MR) is 103 cm³/mol. The number of nitrogens with one attached hydrogen (secondary N) is 3. The summed E-state index contributed by atoms with van der Waals surface area (Å²) in [5.74, 6) is 0.0229. The predicted octanol–water partition coefficient (Wildman–Crippen LogP) is 2.57. The number of amides is 2. The molecule has 0 aliphatic carbocycles. The molecule has 1 aromatic rings. The quantitative estimate of drug-likeness (QED) is 0.723. The standard InChI is InChI=1S/C19H29N3O2.ClH/c1-13(2)12-17(23)22-18(15-8-5-4-6-9-15)19(24)21-16-10-7-11-20-14(16)3;/h4-6,8-9,13-14,16,18,20H,7,10-12H2,1-3H3,(H,21,24)(H,22,23);1H. The highest BCUT2D eigenvalue weighted by molar-refractivity contribution is 5.89. The van der Waals surface area contributed by atoms with E-state index in [2.05, 4.69) is 22.9 Å². The van der Waals surface area contributed by atoms with Gasteiger partial charge in [0.1, 0.15) is 6.04 Å². The third-order valence-corrected chi connectivity index (χ3v) is 4.38. The SMILES string of the molecule is CC(C)CC(=O)NC(C(=O)NC1CCCNC1C)c1ccccc1.Cl. The molecular formula is C19H30ClN3O2. The fraction of sp³-hybridized carbons (Fsp3) is 0.579. The Labute approximate surface area is 156 Å². The molecule has 5 nitrogen and oxygen atoms in total. The highest BCUT2D eigenvalue weighted by Crippen LogP contribution is 2.16. The number of piperidine rings is 1. The molecule has 0 aromatic heterocycles. The summed E-state index contributed by atoms with van der Waals surface area (Å²) >= 11 is 0. The van der Waals surface area contributed by atoms with E-state index < -0.39 is 6.04 Å². The van der Waals surface area contributed by atoms with Crippen molar-refractivity contribution in [1.29, 1.82) is 0 Å². The lowest BCUT2D eigenvalue weighted by Gasteiger charge is -2.32. The molecule has 1 heterocycles. The summed E-state index contributed by atoms with van der Waals surface area (Å²) in [6.07, 6.45) is 2.42. The van der Waals surface area contributed by atoms with Crippen LogP contribution in [0.15, 0.2) is 30.3 Å². The van der Waals surface area contributed by atoms with Gasteiger partial charge in [0.15, 0.2) is 0 Å².